The normalized spacial score (nSPS) is 15.2. The van der Waals surface area contributed by atoms with Gasteiger partial charge < -0.3 is 10.1 Å². The number of hydrogen-bond donors (Lipinski definition) is 1. The van der Waals surface area contributed by atoms with Gasteiger partial charge in [-0.1, -0.05) is 32.9 Å². The lowest BCUT2D eigenvalue weighted by Crippen LogP contribution is -2.28. The number of benzene rings is 1. The first-order valence-electron chi connectivity index (χ1n) is 6.77. The minimum atomic E-state index is 0.168. The Morgan fingerprint density at radius 1 is 1.22 bits per heavy atom. The van der Waals surface area contributed by atoms with Gasteiger partial charge in [-0.05, 0) is 50.4 Å². The third-order valence-electron chi connectivity index (χ3n) is 3.22. The van der Waals surface area contributed by atoms with Gasteiger partial charge in [-0.2, -0.15) is 0 Å². The van der Waals surface area contributed by atoms with Crippen LogP contribution in [0.1, 0.15) is 46.6 Å². The fourth-order valence-electron chi connectivity index (χ4n) is 1.93. The Hall–Kier alpha value is -1.02. The largest absolute Gasteiger partial charge is 0.491 e. The van der Waals surface area contributed by atoms with Crippen LogP contribution in [0.4, 0.5) is 0 Å². The molecule has 1 aromatic carbocycles. The van der Waals surface area contributed by atoms with Crippen molar-refractivity contribution in [3.05, 3.63) is 29.8 Å². The third-order valence-corrected chi connectivity index (χ3v) is 3.22. The van der Waals surface area contributed by atoms with E-state index in [-0.39, 0.29) is 11.5 Å². The molecule has 102 valence electrons. The summed E-state index contributed by atoms with van der Waals surface area (Å²) in [6, 6.07) is 8.90. The summed E-state index contributed by atoms with van der Waals surface area (Å²) >= 11 is 0. The lowest BCUT2D eigenvalue weighted by atomic mass is 9.87. The SMILES string of the molecule is CNC(C)CC(C)Oc1cccc(C(C)(C)C)c1. The first-order valence-corrected chi connectivity index (χ1v) is 6.77. The van der Waals surface area contributed by atoms with E-state index in [1.165, 1.54) is 5.56 Å². The quantitative estimate of drug-likeness (QED) is 0.858. The minimum absolute atomic E-state index is 0.168. The van der Waals surface area contributed by atoms with E-state index in [0.717, 1.165) is 12.2 Å². The highest BCUT2D eigenvalue weighted by Gasteiger charge is 2.15. The van der Waals surface area contributed by atoms with E-state index in [1.807, 2.05) is 13.1 Å². The molecule has 1 aromatic rings. The molecule has 0 aliphatic heterocycles. The molecule has 2 atom stereocenters. The predicted molar refractivity (Wildman–Crippen MR) is 78.4 cm³/mol. The maximum Gasteiger partial charge on any atom is 0.119 e. The van der Waals surface area contributed by atoms with Gasteiger partial charge >= 0.3 is 0 Å². The highest BCUT2D eigenvalue weighted by atomic mass is 16.5. The van der Waals surface area contributed by atoms with E-state index in [4.69, 9.17) is 4.74 Å². The molecule has 0 spiro atoms. The van der Waals surface area contributed by atoms with Crippen LogP contribution in [0, 0.1) is 0 Å². The molecular formula is C16H27NO. The topological polar surface area (TPSA) is 21.3 Å². The molecule has 1 N–H and O–H groups in total. The highest BCUT2D eigenvalue weighted by molar-refractivity contribution is 5.32. The van der Waals surface area contributed by atoms with E-state index in [1.54, 1.807) is 0 Å². The molecule has 18 heavy (non-hydrogen) atoms. The average Bonchev–Trinajstić information content (AvgIpc) is 2.27. The first kappa shape index (κ1) is 15.0. The number of rotatable bonds is 5. The third kappa shape index (κ3) is 4.69. The van der Waals surface area contributed by atoms with Gasteiger partial charge in [-0.15, -0.1) is 0 Å². The van der Waals surface area contributed by atoms with E-state index in [2.05, 4.69) is 58.1 Å². The van der Waals surface area contributed by atoms with Gasteiger partial charge in [-0.3, -0.25) is 0 Å². The lowest BCUT2D eigenvalue weighted by molar-refractivity contribution is 0.197. The van der Waals surface area contributed by atoms with E-state index >= 15 is 0 Å². The molecule has 0 bridgehead atoms. The van der Waals surface area contributed by atoms with Gasteiger partial charge in [0.15, 0.2) is 0 Å². The van der Waals surface area contributed by atoms with Crippen LogP contribution >= 0.6 is 0 Å². The predicted octanol–water partition coefficient (Wildman–Crippen LogP) is 3.75. The first-order chi connectivity index (χ1) is 8.32. The summed E-state index contributed by atoms with van der Waals surface area (Å²) in [5.41, 5.74) is 1.48. The second kappa shape index (κ2) is 6.24. The van der Waals surface area contributed by atoms with Crippen molar-refractivity contribution >= 4 is 0 Å². The van der Waals surface area contributed by atoms with Gasteiger partial charge in [-0.25, -0.2) is 0 Å². The summed E-state index contributed by atoms with van der Waals surface area (Å²) in [5, 5.41) is 3.24. The van der Waals surface area contributed by atoms with E-state index in [0.29, 0.717) is 6.04 Å². The molecule has 2 nitrogen and oxygen atoms in total. The van der Waals surface area contributed by atoms with Gasteiger partial charge in [0.2, 0.25) is 0 Å². The van der Waals surface area contributed by atoms with Crippen LogP contribution in [-0.2, 0) is 5.41 Å². The molecule has 1 rings (SSSR count). The Bertz CT molecular complexity index is 368. The van der Waals surface area contributed by atoms with Crippen LogP contribution in [0.3, 0.4) is 0 Å². The van der Waals surface area contributed by atoms with Crippen molar-refractivity contribution in [3.63, 3.8) is 0 Å². The van der Waals surface area contributed by atoms with Crippen molar-refractivity contribution in [2.24, 2.45) is 0 Å². The Morgan fingerprint density at radius 2 is 1.89 bits per heavy atom. The zero-order valence-corrected chi connectivity index (χ0v) is 12.6. The van der Waals surface area contributed by atoms with Crippen molar-refractivity contribution in [3.8, 4) is 5.75 Å². The molecule has 2 heteroatoms. The zero-order chi connectivity index (χ0) is 13.8. The fourth-order valence-corrected chi connectivity index (χ4v) is 1.93. The molecule has 0 saturated carbocycles. The second-order valence-corrected chi connectivity index (χ2v) is 6.13. The maximum atomic E-state index is 5.98. The van der Waals surface area contributed by atoms with Crippen LogP contribution < -0.4 is 10.1 Å². The fraction of sp³-hybridized carbons (Fsp3) is 0.625. The standard InChI is InChI=1S/C16H27NO/c1-12(17-6)10-13(2)18-15-9-7-8-14(11-15)16(3,4)5/h7-9,11-13,17H,10H2,1-6H3. The van der Waals surface area contributed by atoms with E-state index < -0.39 is 0 Å². The van der Waals surface area contributed by atoms with Crippen LogP contribution in [0.15, 0.2) is 24.3 Å². The summed E-state index contributed by atoms with van der Waals surface area (Å²) < 4.78 is 5.98. The van der Waals surface area contributed by atoms with Gasteiger partial charge in [0.05, 0.1) is 6.10 Å². The summed E-state index contributed by atoms with van der Waals surface area (Å²) in [7, 11) is 1.98. The Labute approximate surface area is 112 Å². The summed E-state index contributed by atoms with van der Waals surface area (Å²) in [5.74, 6) is 0.971. The van der Waals surface area contributed by atoms with Crippen LogP contribution in [0.5, 0.6) is 5.75 Å². The Morgan fingerprint density at radius 3 is 2.44 bits per heavy atom. The van der Waals surface area contributed by atoms with Crippen molar-refractivity contribution in [2.45, 2.75) is 58.6 Å². The Kier molecular flexibility index (Phi) is 5.21. The minimum Gasteiger partial charge on any atom is -0.491 e. The number of nitrogens with one attached hydrogen (secondary N) is 1. The number of ether oxygens (including phenoxy) is 1. The second-order valence-electron chi connectivity index (χ2n) is 6.13. The summed E-state index contributed by atoms with van der Waals surface area (Å²) in [6.07, 6.45) is 1.23. The van der Waals surface area contributed by atoms with Crippen LogP contribution in [0.25, 0.3) is 0 Å². The molecule has 0 aliphatic carbocycles. The van der Waals surface area contributed by atoms with Crippen molar-refractivity contribution in [1.82, 2.24) is 5.32 Å². The molecule has 2 unspecified atom stereocenters. The molecule has 0 aromatic heterocycles. The summed E-state index contributed by atoms with van der Waals surface area (Å²) in [6.45, 7) is 11.0. The van der Waals surface area contributed by atoms with Crippen molar-refractivity contribution in [2.75, 3.05) is 7.05 Å². The zero-order valence-electron chi connectivity index (χ0n) is 12.6. The molecule has 0 saturated heterocycles. The van der Waals surface area contributed by atoms with Gasteiger partial charge in [0, 0.05) is 6.04 Å². The average molecular weight is 249 g/mol. The van der Waals surface area contributed by atoms with Crippen molar-refractivity contribution in [1.29, 1.82) is 0 Å². The smallest absolute Gasteiger partial charge is 0.119 e. The van der Waals surface area contributed by atoms with Crippen molar-refractivity contribution < 1.29 is 4.74 Å². The monoisotopic (exact) mass is 249 g/mol. The Balaban J connectivity index is 2.68. The molecule has 0 aliphatic rings. The highest BCUT2D eigenvalue weighted by Crippen LogP contribution is 2.26. The molecule has 0 amide bonds. The molecular weight excluding hydrogens is 222 g/mol. The molecule has 0 heterocycles. The van der Waals surface area contributed by atoms with Crippen LogP contribution in [-0.4, -0.2) is 19.2 Å². The lowest BCUT2D eigenvalue weighted by Gasteiger charge is -2.22. The van der Waals surface area contributed by atoms with Crippen LogP contribution in [0.2, 0.25) is 0 Å². The summed E-state index contributed by atoms with van der Waals surface area (Å²) in [4.78, 5) is 0. The maximum absolute atomic E-state index is 5.98. The molecule has 0 radical (unpaired) electrons. The molecule has 0 fully saturated rings. The van der Waals surface area contributed by atoms with E-state index in [9.17, 15) is 0 Å². The van der Waals surface area contributed by atoms with Gasteiger partial charge in [0.1, 0.15) is 5.75 Å². The van der Waals surface area contributed by atoms with Gasteiger partial charge in [0.25, 0.3) is 0 Å². The number of hydrogen-bond acceptors (Lipinski definition) is 2.